The van der Waals surface area contributed by atoms with Crippen LogP contribution in [0.3, 0.4) is 0 Å². The van der Waals surface area contributed by atoms with Gasteiger partial charge in [0, 0.05) is 12.4 Å². The van der Waals surface area contributed by atoms with Gasteiger partial charge in [0.15, 0.2) is 0 Å². The number of anilines is 1. The number of carbonyl (C=O) groups is 1. The van der Waals surface area contributed by atoms with Gasteiger partial charge in [-0.15, -0.1) is 0 Å². The van der Waals surface area contributed by atoms with Crippen molar-refractivity contribution in [1.29, 1.82) is 0 Å². The Hall–Kier alpha value is -2.55. The van der Waals surface area contributed by atoms with Gasteiger partial charge in [-0.2, -0.15) is 0 Å². The Balaban J connectivity index is 2.29. The number of carbonyl (C=O) groups excluding carboxylic acids is 1. The Labute approximate surface area is 116 Å². The van der Waals surface area contributed by atoms with E-state index in [0.717, 1.165) is 21.8 Å². The van der Waals surface area contributed by atoms with Crippen LogP contribution in [0.15, 0.2) is 42.5 Å². The largest absolute Gasteiger partial charge is 0.496 e. The average Bonchev–Trinajstić information content (AvgIpc) is 2.74. The van der Waals surface area contributed by atoms with Crippen molar-refractivity contribution in [3.05, 3.63) is 48.0 Å². The van der Waals surface area contributed by atoms with Gasteiger partial charge in [0.05, 0.1) is 18.4 Å². The molecular formula is C17H13NO2. The Bertz CT molecular complexity index is 883. The molecule has 0 N–H and O–H groups in total. The highest BCUT2D eigenvalue weighted by atomic mass is 16.5. The van der Waals surface area contributed by atoms with Crippen LogP contribution in [0.4, 0.5) is 5.69 Å². The first-order chi connectivity index (χ1) is 9.72. The molecule has 0 atom stereocenters. The van der Waals surface area contributed by atoms with Crippen molar-refractivity contribution in [2.24, 2.45) is 0 Å². The molecule has 0 saturated carbocycles. The van der Waals surface area contributed by atoms with Crippen LogP contribution in [0.1, 0.15) is 10.4 Å². The molecule has 3 heteroatoms. The third-order valence-corrected chi connectivity index (χ3v) is 4.07. The number of hydrogen-bond donors (Lipinski definition) is 0. The minimum atomic E-state index is -0.00208. The molecule has 0 aromatic heterocycles. The molecule has 20 heavy (non-hydrogen) atoms. The van der Waals surface area contributed by atoms with E-state index in [4.69, 9.17) is 4.74 Å². The molecule has 1 heterocycles. The smallest absolute Gasteiger partial charge is 0.262 e. The number of hydrogen-bond acceptors (Lipinski definition) is 2. The van der Waals surface area contributed by atoms with Crippen LogP contribution in [-0.4, -0.2) is 20.1 Å². The molecule has 0 radical (unpaired) electrons. The zero-order valence-electron chi connectivity index (χ0n) is 11.3. The fourth-order valence-electron chi connectivity index (χ4n) is 3.09. The Kier molecular flexibility index (Phi) is 2.11. The van der Waals surface area contributed by atoms with E-state index in [9.17, 15) is 4.79 Å². The molecule has 1 aliphatic heterocycles. The van der Waals surface area contributed by atoms with Crippen LogP contribution in [0.2, 0.25) is 0 Å². The van der Waals surface area contributed by atoms with E-state index in [1.54, 1.807) is 12.0 Å². The summed E-state index contributed by atoms with van der Waals surface area (Å²) in [6, 6.07) is 14.2. The predicted octanol–water partition coefficient (Wildman–Crippen LogP) is 3.59. The van der Waals surface area contributed by atoms with Gasteiger partial charge < -0.3 is 9.64 Å². The molecular weight excluding hydrogens is 250 g/mol. The van der Waals surface area contributed by atoms with E-state index < -0.39 is 0 Å². The van der Waals surface area contributed by atoms with Crippen LogP contribution in [0.5, 0.6) is 5.75 Å². The van der Waals surface area contributed by atoms with Gasteiger partial charge in [-0.25, -0.2) is 0 Å². The molecule has 0 saturated heterocycles. The first-order valence-electron chi connectivity index (χ1n) is 6.53. The molecule has 3 aromatic rings. The SMILES string of the molecule is COc1ccc2c3c(cc4ccccc42)N(C)C(=O)c13. The number of ether oxygens (including phenoxy) is 1. The van der Waals surface area contributed by atoms with Gasteiger partial charge in [-0.1, -0.05) is 24.3 Å². The van der Waals surface area contributed by atoms with Crippen molar-refractivity contribution in [2.75, 3.05) is 19.1 Å². The van der Waals surface area contributed by atoms with Crippen LogP contribution < -0.4 is 9.64 Å². The van der Waals surface area contributed by atoms with Crippen molar-refractivity contribution in [3.63, 3.8) is 0 Å². The molecule has 4 rings (SSSR count). The lowest BCUT2D eigenvalue weighted by atomic mass is 9.98. The third-order valence-electron chi connectivity index (χ3n) is 4.07. The molecule has 1 amide bonds. The number of benzene rings is 3. The summed E-state index contributed by atoms with van der Waals surface area (Å²) < 4.78 is 5.36. The van der Waals surface area contributed by atoms with Crippen molar-refractivity contribution >= 4 is 33.1 Å². The minimum absolute atomic E-state index is 0.00208. The lowest BCUT2D eigenvalue weighted by molar-refractivity contribution is 0.0996. The first kappa shape index (κ1) is 11.3. The lowest BCUT2D eigenvalue weighted by Gasteiger charge is -2.11. The van der Waals surface area contributed by atoms with Gasteiger partial charge in [0.25, 0.3) is 5.91 Å². The second-order valence-corrected chi connectivity index (χ2v) is 5.05. The predicted molar refractivity (Wildman–Crippen MR) is 80.7 cm³/mol. The molecule has 0 aliphatic carbocycles. The van der Waals surface area contributed by atoms with Gasteiger partial charge in [-0.3, -0.25) is 4.79 Å². The van der Waals surface area contributed by atoms with Crippen molar-refractivity contribution < 1.29 is 9.53 Å². The van der Waals surface area contributed by atoms with Crippen LogP contribution >= 0.6 is 0 Å². The van der Waals surface area contributed by atoms with E-state index in [1.807, 2.05) is 31.3 Å². The van der Waals surface area contributed by atoms with E-state index in [2.05, 4.69) is 18.2 Å². The van der Waals surface area contributed by atoms with Crippen molar-refractivity contribution in [1.82, 2.24) is 0 Å². The van der Waals surface area contributed by atoms with Gasteiger partial charge in [0.1, 0.15) is 5.75 Å². The standard InChI is InChI=1S/C17H13NO2/c1-18-13-9-10-5-3-4-6-11(10)12-7-8-14(20-2)16(15(12)13)17(18)19/h3-9H,1-2H3. The highest BCUT2D eigenvalue weighted by Crippen LogP contribution is 2.44. The summed E-state index contributed by atoms with van der Waals surface area (Å²) in [6.07, 6.45) is 0. The van der Waals surface area contributed by atoms with Crippen molar-refractivity contribution in [2.45, 2.75) is 0 Å². The van der Waals surface area contributed by atoms with E-state index in [1.165, 1.54) is 5.39 Å². The van der Waals surface area contributed by atoms with Gasteiger partial charge >= 0.3 is 0 Å². The highest BCUT2D eigenvalue weighted by Gasteiger charge is 2.31. The lowest BCUT2D eigenvalue weighted by Crippen LogP contribution is -2.21. The first-order valence-corrected chi connectivity index (χ1v) is 6.53. The molecule has 0 bridgehead atoms. The minimum Gasteiger partial charge on any atom is -0.496 e. The Morgan fingerprint density at radius 3 is 2.65 bits per heavy atom. The third kappa shape index (κ3) is 1.22. The summed E-state index contributed by atoms with van der Waals surface area (Å²) in [5, 5.41) is 4.41. The summed E-state index contributed by atoms with van der Waals surface area (Å²) in [5.74, 6) is 0.640. The summed E-state index contributed by atoms with van der Waals surface area (Å²) >= 11 is 0. The Morgan fingerprint density at radius 2 is 1.85 bits per heavy atom. The maximum absolute atomic E-state index is 12.5. The second kappa shape index (κ2) is 3.73. The molecule has 3 nitrogen and oxygen atoms in total. The summed E-state index contributed by atoms with van der Waals surface area (Å²) in [6.45, 7) is 0. The quantitative estimate of drug-likeness (QED) is 0.628. The fourth-order valence-corrected chi connectivity index (χ4v) is 3.09. The van der Waals surface area contributed by atoms with Crippen molar-refractivity contribution in [3.8, 4) is 5.75 Å². The molecule has 98 valence electrons. The van der Waals surface area contributed by atoms with E-state index in [-0.39, 0.29) is 5.91 Å². The average molecular weight is 263 g/mol. The van der Waals surface area contributed by atoms with Gasteiger partial charge in [0.2, 0.25) is 0 Å². The molecule has 0 unspecified atom stereocenters. The maximum Gasteiger partial charge on any atom is 0.262 e. The van der Waals surface area contributed by atoms with E-state index in [0.29, 0.717) is 11.3 Å². The molecule has 0 fully saturated rings. The normalized spacial score (nSPS) is 13.5. The number of rotatable bonds is 1. The zero-order valence-corrected chi connectivity index (χ0v) is 11.3. The number of methoxy groups -OCH3 is 1. The maximum atomic E-state index is 12.5. The number of amides is 1. The van der Waals surface area contributed by atoms with Crippen LogP contribution in [0, 0.1) is 0 Å². The summed E-state index contributed by atoms with van der Waals surface area (Å²) in [4.78, 5) is 14.2. The summed E-state index contributed by atoms with van der Waals surface area (Å²) in [5.41, 5.74) is 1.63. The number of nitrogens with zero attached hydrogens (tertiary/aromatic N) is 1. The fraction of sp³-hybridized carbons (Fsp3) is 0.118. The van der Waals surface area contributed by atoms with Gasteiger partial charge in [-0.05, 0) is 34.4 Å². The molecule has 1 aliphatic rings. The Morgan fingerprint density at radius 1 is 1.05 bits per heavy atom. The summed E-state index contributed by atoms with van der Waals surface area (Å²) in [7, 11) is 3.41. The van der Waals surface area contributed by atoms with E-state index >= 15 is 0 Å². The monoisotopic (exact) mass is 263 g/mol. The zero-order chi connectivity index (χ0) is 13.9. The highest BCUT2D eigenvalue weighted by molar-refractivity contribution is 6.30. The molecule has 3 aromatic carbocycles. The topological polar surface area (TPSA) is 29.5 Å². The second-order valence-electron chi connectivity index (χ2n) is 5.05. The molecule has 0 spiro atoms. The van der Waals surface area contributed by atoms with Crippen LogP contribution in [-0.2, 0) is 0 Å². The number of fused-ring (bicyclic) bond motifs is 2. The van der Waals surface area contributed by atoms with Crippen LogP contribution in [0.25, 0.3) is 21.5 Å².